The maximum Gasteiger partial charge on any atom is 0.226 e. The lowest BCUT2D eigenvalue weighted by molar-refractivity contribution is 0.573. The second-order valence-corrected chi connectivity index (χ2v) is 6.79. The van der Waals surface area contributed by atoms with Gasteiger partial charge in [0.05, 0.1) is 10.4 Å². The van der Waals surface area contributed by atoms with Crippen molar-refractivity contribution in [2.24, 2.45) is 0 Å². The van der Waals surface area contributed by atoms with Gasteiger partial charge in [-0.3, -0.25) is 0 Å². The molecule has 3 nitrogen and oxygen atoms in total. The van der Waals surface area contributed by atoms with Gasteiger partial charge in [0.25, 0.3) is 0 Å². The molecular weight excluding hydrogens is 265 g/mol. The van der Waals surface area contributed by atoms with E-state index in [-0.39, 0.29) is 6.04 Å². The fourth-order valence-corrected chi connectivity index (χ4v) is 2.98. The van der Waals surface area contributed by atoms with Gasteiger partial charge in [-0.05, 0) is 19.1 Å². The monoisotopic (exact) mass is 273 g/mol. The number of hydrogen-bond donors (Lipinski definition) is 1. The highest BCUT2D eigenvalue weighted by Gasteiger charge is 2.15. The number of halogens is 2. The zero-order chi connectivity index (χ0) is 10.8. The van der Waals surface area contributed by atoms with E-state index in [0.717, 1.165) is 4.88 Å². The van der Waals surface area contributed by atoms with Crippen molar-refractivity contribution in [2.75, 3.05) is 5.21 Å². The van der Waals surface area contributed by atoms with Crippen LogP contribution in [0, 0.1) is 0 Å². The first kappa shape index (κ1) is 12.3. The van der Waals surface area contributed by atoms with E-state index in [2.05, 4.69) is 4.72 Å². The molecule has 1 unspecified atom stereocenters. The highest BCUT2D eigenvalue weighted by Crippen LogP contribution is 2.26. The lowest BCUT2D eigenvalue weighted by Gasteiger charge is -2.10. The highest BCUT2D eigenvalue weighted by atomic mass is 35.5. The Hall–Kier alpha value is 0.190. The molecule has 0 saturated carbocycles. The number of rotatable bonds is 4. The lowest BCUT2D eigenvalue weighted by Crippen LogP contribution is -2.26. The maximum absolute atomic E-state index is 11.1. The normalized spacial score (nSPS) is 14.2. The smallest absolute Gasteiger partial charge is 0.211 e. The fourth-order valence-electron chi connectivity index (χ4n) is 0.920. The molecule has 1 heterocycles. The minimum absolute atomic E-state index is 0.295. The molecule has 1 atom stereocenters. The van der Waals surface area contributed by atoms with Crippen molar-refractivity contribution in [3.05, 3.63) is 21.3 Å². The Balaban J connectivity index is 2.73. The van der Waals surface area contributed by atoms with Crippen LogP contribution < -0.4 is 4.72 Å². The molecule has 0 saturated heterocycles. The van der Waals surface area contributed by atoms with E-state index >= 15 is 0 Å². The zero-order valence-corrected chi connectivity index (χ0v) is 10.5. The predicted octanol–water partition coefficient (Wildman–Crippen LogP) is 2.58. The van der Waals surface area contributed by atoms with Crippen molar-refractivity contribution in [1.29, 1.82) is 0 Å². The van der Waals surface area contributed by atoms with Crippen LogP contribution in [0.25, 0.3) is 0 Å². The van der Waals surface area contributed by atoms with Gasteiger partial charge in [0.15, 0.2) is 0 Å². The van der Waals surface area contributed by atoms with Gasteiger partial charge in [0.1, 0.15) is 5.21 Å². The Morgan fingerprint density at radius 2 is 2.21 bits per heavy atom. The predicted molar refractivity (Wildman–Crippen MR) is 60.5 cm³/mol. The molecule has 0 amide bonds. The summed E-state index contributed by atoms with van der Waals surface area (Å²) in [7, 11) is -3.38. The van der Waals surface area contributed by atoms with Crippen LogP contribution in [0.5, 0.6) is 0 Å². The molecule has 0 aliphatic rings. The van der Waals surface area contributed by atoms with Gasteiger partial charge in [0.2, 0.25) is 10.0 Å². The first-order valence-corrected chi connectivity index (χ1v) is 7.14. The molecule has 0 bridgehead atoms. The summed E-state index contributed by atoms with van der Waals surface area (Å²) in [6.45, 7) is 1.74. The van der Waals surface area contributed by atoms with E-state index in [0.29, 0.717) is 4.34 Å². The number of thiophene rings is 1. The molecule has 80 valence electrons. The van der Waals surface area contributed by atoms with Crippen LogP contribution in [0.15, 0.2) is 12.1 Å². The number of hydrogen-bond acceptors (Lipinski definition) is 3. The molecular formula is C7H9Cl2NO2S2. The molecule has 14 heavy (non-hydrogen) atoms. The standard InChI is InChI=1S/C7H9Cl2NO2S2/c1-5(10-14(11,12)4-8)6-2-3-7(9)13-6/h2-3,5,10H,4H2,1H3. The topological polar surface area (TPSA) is 46.2 Å². The Morgan fingerprint density at radius 1 is 1.57 bits per heavy atom. The van der Waals surface area contributed by atoms with Crippen LogP contribution in [0.3, 0.4) is 0 Å². The van der Waals surface area contributed by atoms with Crippen molar-refractivity contribution in [1.82, 2.24) is 4.72 Å². The molecule has 0 radical (unpaired) electrons. The zero-order valence-electron chi connectivity index (χ0n) is 7.33. The molecule has 1 aromatic heterocycles. The summed E-state index contributed by atoms with van der Waals surface area (Å²) < 4.78 is 25.3. The van der Waals surface area contributed by atoms with Crippen LogP contribution in [0.1, 0.15) is 17.8 Å². The van der Waals surface area contributed by atoms with Gasteiger partial charge in [-0.15, -0.1) is 22.9 Å². The first-order valence-electron chi connectivity index (χ1n) is 3.76. The minimum atomic E-state index is -3.38. The van der Waals surface area contributed by atoms with Crippen molar-refractivity contribution < 1.29 is 8.42 Å². The average molecular weight is 274 g/mol. The second kappa shape index (κ2) is 4.81. The fraction of sp³-hybridized carbons (Fsp3) is 0.429. The summed E-state index contributed by atoms with van der Waals surface area (Å²) >= 11 is 12.3. The van der Waals surface area contributed by atoms with Gasteiger partial charge in [-0.2, -0.15) is 0 Å². The largest absolute Gasteiger partial charge is 0.226 e. The Bertz CT molecular complexity index is 402. The van der Waals surface area contributed by atoms with E-state index in [1.807, 2.05) is 0 Å². The van der Waals surface area contributed by atoms with Gasteiger partial charge in [0, 0.05) is 4.88 Å². The van der Waals surface area contributed by atoms with E-state index in [1.165, 1.54) is 11.3 Å². The summed E-state index contributed by atoms with van der Waals surface area (Å²) in [4.78, 5) is 0.865. The van der Waals surface area contributed by atoms with Gasteiger partial charge >= 0.3 is 0 Å². The van der Waals surface area contributed by atoms with Gasteiger partial charge in [-0.25, -0.2) is 13.1 Å². The third-order valence-electron chi connectivity index (χ3n) is 1.52. The number of nitrogens with one attached hydrogen (secondary N) is 1. The molecule has 0 aliphatic carbocycles. The highest BCUT2D eigenvalue weighted by molar-refractivity contribution is 7.90. The number of sulfonamides is 1. The van der Waals surface area contributed by atoms with Crippen molar-refractivity contribution >= 4 is 44.6 Å². The van der Waals surface area contributed by atoms with Crippen molar-refractivity contribution in [3.8, 4) is 0 Å². The summed E-state index contributed by atoms with van der Waals surface area (Å²) in [6, 6.07) is 3.22. The minimum Gasteiger partial charge on any atom is -0.211 e. The summed E-state index contributed by atoms with van der Waals surface area (Å²) in [5.74, 6) is 0. The Labute approximate surface area is 97.1 Å². The molecule has 1 N–H and O–H groups in total. The molecule has 0 spiro atoms. The Kier molecular flexibility index (Phi) is 4.21. The number of alkyl halides is 1. The Morgan fingerprint density at radius 3 is 2.64 bits per heavy atom. The van der Waals surface area contributed by atoms with Crippen LogP contribution in [0.4, 0.5) is 0 Å². The van der Waals surface area contributed by atoms with Crippen molar-refractivity contribution in [3.63, 3.8) is 0 Å². The van der Waals surface area contributed by atoms with E-state index in [1.54, 1.807) is 19.1 Å². The molecule has 0 fully saturated rings. The average Bonchev–Trinajstić information content (AvgIpc) is 2.51. The van der Waals surface area contributed by atoms with Crippen LogP contribution in [-0.2, 0) is 10.0 Å². The van der Waals surface area contributed by atoms with Gasteiger partial charge in [-0.1, -0.05) is 11.6 Å². The second-order valence-electron chi connectivity index (χ2n) is 2.71. The molecule has 0 aromatic carbocycles. The third-order valence-corrected chi connectivity index (χ3v) is 4.80. The van der Waals surface area contributed by atoms with E-state index < -0.39 is 15.2 Å². The first-order chi connectivity index (χ1) is 6.44. The van der Waals surface area contributed by atoms with E-state index in [4.69, 9.17) is 23.2 Å². The quantitative estimate of drug-likeness (QED) is 0.858. The van der Waals surface area contributed by atoms with E-state index in [9.17, 15) is 8.42 Å². The summed E-state index contributed by atoms with van der Waals surface area (Å²) in [6.07, 6.45) is 0. The molecule has 1 aromatic rings. The van der Waals surface area contributed by atoms with Crippen LogP contribution in [0.2, 0.25) is 4.34 Å². The lowest BCUT2D eigenvalue weighted by atomic mass is 10.3. The van der Waals surface area contributed by atoms with Crippen LogP contribution in [-0.4, -0.2) is 13.6 Å². The van der Waals surface area contributed by atoms with Gasteiger partial charge < -0.3 is 0 Å². The summed E-state index contributed by atoms with van der Waals surface area (Å²) in [5.41, 5.74) is 0. The third kappa shape index (κ3) is 3.40. The molecule has 7 heteroatoms. The molecule has 0 aliphatic heterocycles. The maximum atomic E-state index is 11.1. The van der Waals surface area contributed by atoms with Crippen LogP contribution >= 0.6 is 34.5 Å². The molecule has 1 rings (SSSR count). The van der Waals surface area contributed by atoms with Crippen molar-refractivity contribution in [2.45, 2.75) is 13.0 Å². The summed E-state index contributed by atoms with van der Waals surface area (Å²) in [5, 5.41) is -0.434. The SMILES string of the molecule is CC(NS(=O)(=O)CCl)c1ccc(Cl)s1.